The van der Waals surface area contributed by atoms with Crippen LogP contribution in [0.25, 0.3) is 11.3 Å². The second-order valence-electron chi connectivity index (χ2n) is 7.74. The second kappa shape index (κ2) is 8.44. The highest BCUT2D eigenvalue weighted by Gasteiger charge is 2.22. The van der Waals surface area contributed by atoms with E-state index in [1.807, 2.05) is 26.1 Å². The Kier molecular flexibility index (Phi) is 5.72. The second-order valence-corrected chi connectivity index (χ2v) is 8.94. The molecule has 1 aliphatic rings. The molecule has 0 bridgehead atoms. The molecule has 3 aromatic rings. The quantitative estimate of drug-likeness (QED) is 0.630. The van der Waals surface area contributed by atoms with Gasteiger partial charge in [0.1, 0.15) is 5.82 Å². The van der Waals surface area contributed by atoms with Crippen molar-refractivity contribution in [1.29, 1.82) is 0 Å². The van der Waals surface area contributed by atoms with Crippen LogP contribution in [-0.2, 0) is 0 Å². The van der Waals surface area contributed by atoms with E-state index < -0.39 is 0 Å². The number of nitrogens with zero attached hydrogens (tertiary/aromatic N) is 5. The van der Waals surface area contributed by atoms with Crippen LogP contribution in [0.15, 0.2) is 42.9 Å². The molecule has 0 aliphatic carbocycles. The molecule has 3 aromatic heterocycles. The molecule has 0 radical (unpaired) electrons. The van der Waals surface area contributed by atoms with Crippen LogP contribution in [-0.4, -0.2) is 35.1 Å². The van der Waals surface area contributed by atoms with Crippen LogP contribution < -0.4 is 15.1 Å². The Balaban J connectivity index is 1.72. The van der Waals surface area contributed by atoms with E-state index in [0.717, 1.165) is 71.0 Å². The third-order valence-electron chi connectivity index (χ3n) is 5.46. The summed E-state index contributed by atoms with van der Waals surface area (Å²) >= 11 is 1.65. The molecule has 1 aliphatic heterocycles. The summed E-state index contributed by atoms with van der Waals surface area (Å²) < 4.78 is 0. The molecule has 7 heteroatoms. The fourth-order valence-electron chi connectivity index (χ4n) is 3.54. The van der Waals surface area contributed by atoms with Crippen LogP contribution in [0.4, 0.5) is 16.6 Å². The van der Waals surface area contributed by atoms with Crippen LogP contribution in [0.3, 0.4) is 0 Å². The number of hydrogen-bond donors (Lipinski definition) is 1. The number of nitrogens with one attached hydrogen (secondary N) is 1. The molecule has 0 atom stereocenters. The molecule has 1 N–H and O–H groups in total. The maximum Gasteiger partial charge on any atom is 0.188 e. The minimum absolute atomic E-state index is 0.798. The molecule has 0 unspecified atom stereocenters. The Morgan fingerprint density at radius 2 is 1.87 bits per heavy atom. The fourth-order valence-corrected chi connectivity index (χ4v) is 4.38. The first-order valence-corrected chi connectivity index (χ1v) is 11.1. The van der Waals surface area contributed by atoms with E-state index in [-0.39, 0.29) is 0 Å². The summed E-state index contributed by atoms with van der Waals surface area (Å²) in [5.41, 5.74) is 5.08. The minimum atomic E-state index is 0.798. The molecule has 0 saturated carbocycles. The van der Waals surface area contributed by atoms with Crippen molar-refractivity contribution < 1.29 is 0 Å². The van der Waals surface area contributed by atoms with Crippen molar-refractivity contribution in [2.24, 2.45) is 0 Å². The molecule has 0 aromatic carbocycles. The van der Waals surface area contributed by atoms with E-state index >= 15 is 0 Å². The summed E-state index contributed by atoms with van der Waals surface area (Å²) in [5, 5.41) is 4.28. The van der Waals surface area contributed by atoms with E-state index in [1.54, 1.807) is 11.3 Å². The molecular weight excluding hydrogens is 392 g/mol. The van der Waals surface area contributed by atoms with E-state index in [1.165, 1.54) is 4.88 Å². The van der Waals surface area contributed by atoms with Crippen LogP contribution in [0, 0.1) is 20.8 Å². The fraction of sp³-hybridized carbons (Fsp3) is 0.348. The van der Waals surface area contributed by atoms with Crippen molar-refractivity contribution in [2.75, 3.05) is 35.3 Å². The number of fused-ring (bicyclic) bond motifs is 1. The Morgan fingerprint density at radius 3 is 2.57 bits per heavy atom. The van der Waals surface area contributed by atoms with Crippen LogP contribution >= 0.6 is 11.3 Å². The Bertz CT molecular complexity index is 1040. The number of anilines is 3. The molecule has 4 heterocycles. The lowest BCUT2D eigenvalue weighted by Gasteiger charge is -2.33. The first-order valence-electron chi connectivity index (χ1n) is 10.2. The van der Waals surface area contributed by atoms with Gasteiger partial charge in [-0.3, -0.25) is 4.98 Å². The Hall–Kier alpha value is -2.93. The number of pyridine rings is 2. The third kappa shape index (κ3) is 4.16. The molecule has 0 saturated heterocycles. The van der Waals surface area contributed by atoms with Crippen molar-refractivity contribution in [3.63, 3.8) is 0 Å². The molecule has 6 nitrogen and oxygen atoms in total. The lowest BCUT2D eigenvalue weighted by atomic mass is 10.1. The first kappa shape index (κ1) is 20.3. The highest BCUT2D eigenvalue weighted by Crippen LogP contribution is 2.34. The highest BCUT2D eigenvalue weighted by molar-refractivity contribution is 7.15. The van der Waals surface area contributed by atoms with Gasteiger partial charge in [0.15, 0.2) is 10.9 Å². The van der Waals surface area contributed by atoms with Gasteiger partial charge in [0, 0.05) is 42.5 Å². The van der Waals surface area contributed by atoms with Gasteiger partial charge >= 0.3 is 0 Å². The topological polar surface area (TPSA) is 57.2 Å². The lowest BCUT2D eigenvalue weighted by Crippen LogP contribution is -2.33. The zero-order valence-corrected chi connectivity index (χ0v) is 18.9. The number of aromatic nitrogens is 3. The summed E-state index contributed by atoms with van der Waals surface area (Å²) in [6.07, 6.45) is 4.08. The van der Waals surface area contributed by atoms with Crippen LogP contribution in [0.1, 0.15) is 29.1 Å². The van der Waals surface area contributed by atoms with Gasteiger partial charge in [-0.15, -0.1) is 11.3 Å². The molecule has 0 amide bonds. The number of rotatable bonds is 4. The smallest absolute Gasteiger partial charge is 0.188 e. The van der Waals surface area contributed by atoms with E-state index in [9.17, 15) is 0 Å². The summed E-state index contributed by atoms with van der Waals surface area (Å²) in [5.74, 6) is 1.71. The van der Waals surface area contributed by atoms with Crippen molar-refractivity contribution in [3.8, 4) is 11.3 Å². The monoisotopic (exact) mass is 420 g/mol. The molecule has 156 valence electrons. The average Bonchev–Trinajstić information content (AvgIpc) is 3.03. The summed E-state index contributed by atoms with van der Waals surface area (Å²) in [6, 6.07) is 8.32. The zero-order valence-electron chi connectivity index (χ0n) is 18.1. The van der Waals surface area contributed by atoms with Gasteiger partial charge in [-0.2, -0.15) is 0 Å². The average molecular weight is 421 g/mol. The van der Waals surface area contributed by atoms with Gasteiger partial charge in [-0.1, -0.05) is 6.58 Å². The molecule has 0 fully saturated rings. The molecule has 4 rings (SSSR count). The SMILES string of the molecule is C=C(Nc1nc(C)c(C)s1)N1CCCCN(C)c2ccc(-c3ccc(C)nc3)nc21. The van der Waals surface area contributed by atoms with Gasteiger partial charge in [-0.25, -0.2) is 9.97 Å². The Morgan fingerprint density at radius 1 is 1.07 bits per heavy atom. The van der Waals surface area contributed by atoms with E-state index in [4.69, 9.17) is 4.98 Å². The number of aryl methyl sites for hydroxylation is 3. The maximum absolute atomic E-state index is 5.06. The van der Waals surface area contributed by atoms with Crippen LogP contribution in [0.5, 0.6) is 0 Å². The van der Waals surface area contributed by atoms with E-state index in [2.05, 4.69) is 63.8 Å². The van der Waals surface area contributed by atoms with Gasteiger partial charge in [-0.05, 0) is 57.9 Å². The van der Waals surface area contributed by atoms with Crippen molar-refractivity contribution in [1.82, 2.24) is 15.0 Å². The van der Waals surface area contributed by atoms with Crippen molar-refractivity contribution in [2.45, 2.75) is 33.6 Å². The first-order chi connectivity index (χ1) is 14.4. The largest absolute Gasteiger partial charge is 0.372 e. The van der Waals surface area contributed by atoms with E-state index in [0.29, 0.717) is 0 Å². The third-order valence-corrected chi connectivity index (χ3v) is 6.45. The molecule has 30 heavy (non-hydrogen) atoms. The molecule has 0 spiro atoms. The van der Waals surface area contributed by atoms with Gasteiger partial charge in [0.25, 0.3) is 0 Å². The van der Waals surface area contributed by atoms with Crippen LogP contribution in [0.2, 0.25) is 0 Å². The Labute approximate surface area is 182 Å². The lowest BCUT2D eigenvalue weighted by molar-refractivity contribution is 0.688. The minimum Gasteiger partial charge on any atom is -0.372 e. The van der Waals surface area contributed by atoms with Crippen molar-refractivity contribution in [3.05, 3.63) is 59.1 Å². The van der Waals surface area contributed by atoms with Gasteiger partial charge in [0.2, 0.25) is 0 Å². The highest BCUT2D eigenvalue weighted by atomic mass is 32.1. The predicted molar refractivity (Wildman–Crippen MR) is 126 cm³/mol. The van der Waals surface area contributed by atoms with Gasteiger partial charge < -0.3 is 15.1 Å². The maximum atomic E-state index is 5.06. The summed E-state index contributed by atoms with van der Waals surface area (Å²) in [4.78, 5) is 19.8. The number of hydrogen-bond acceptors (Lipinski definition) is 7. The normalized spacial score (nSPS) is 14.1. The standard InChI is InChI=1S/C23H28N6S/c1-15-8-9-19(14-24-15)20-10-11-21-22(27-20)29(13-7-6-12-28(21)5)18(4)26-23-25-16(2)17(3)30-23/h8-11,14H,4,6-7,12-13H2,1-3,5H3,(H,25,26). The summed E-state index contributed by atoms with van der Waals surface area (Å²) in [6.45, 7) is 12.3. The number of thiazole rings is 1. The van der Waals surface area contributed by atoms with Gasteiger partial charge in [0.05, 0.1) is 17.1 Å². The van der Waals surface area contributed by atoms with Crippen molar-refractivity contribution >= 4 is 28.0 Å². The zero-order chi connectivity index (χ0) is 21.3. The predicted octanol–water partition coefficient (Wildman–Crippen LogP) is 5.15. The summed E-state index contributed by atoms with van der Waals surface area (Å²) in [7, 11) is 2.13. The molecular formula is C23H28N6S.